The highest BCUT2D eigenvalue weighted by Crippen LogP contribution is 2.27. The average Bonchev–Trinajstić information content (AvgIpc) is 2.98. The molecular formula is C16H18N2S2. The van der Waals surface area contributed by atoms with E-state index in [4.69, 9.17) is 0 Å². The van der Waals surface area contributed by atoms with Crippen LogP contribution in [-0.2, 0) is 6.54 Å². The van der Waals surface area contributed by atoms with Crippen molar-refractivity contribution >= 4 is 32.9 Å². The second-order valence-electron chi connectivity index (χ2n) is 5.05. The minimum atomic E-state index is 0.368. The van der Waals surface area contributed by atoms with Crippen LogP contribution >= 0.6 is 22.7 Å². The van der Waals surface area contributed by atoms with Crippen molar-refractivity contribution < 1.29 is 0 Å². The molecule has 3 rings (SSSR count). The number of fused-ring (bicyclic) bond motifs is 1. The Hall–Kier alpha value is -1.23. The van der Waals surface area contributed by atoms with Gasteiger partial charge in [0, 0.05) is 22.3 Å². The molecule has 104 valence electrons. The second-order valence-corrected chi connectivity index (χ2v) is 7.62. The molecule has 0 aliphatic rings. The third-order valence-electron chi connectivity index (χ3n) is 3.44. The zero-order valence-corrected chi connectivity index (χ0v) is 13.6. The van der Waals surface area contributed by atoms with Crippen LogP contribution in [0.25, 0.3) is 10.2 Å². The molecule has 2 aromatic heterocycles. The molecule has 1 unspecified atom stereocenters. The predicted molar refractivity (Wildman–Crippen MR) is 88.7 cm³/mol. The van der Waals surface area contributed by atoms with Crippen LogP contribution in [0.2, 0.25) is 0 Å². The molecule has 0 aliphatic carbocycles. The zero-order valence-electron chi connectivity index (χ0n) is 11.9. The minimum Gasteiger partial charge on any atom is -0.304 e. The molecule has 4 heteroatoms. The van der Waals surface area contributed by atoms with E-state index >= 15 is 0 Å². The molecule has 0 fully saturated rings. The first-order valence-electron chi connectivity index (χ1n) is 6.78. The van der Waals surface area contributed by atoms with Gasteiger partial charge in [-0.05, 0) is 44.5 Å². The molecular weight excluding hydrogens is 284 g/mol. The molecule has 0 aliphatic heterocycles. The summed E-state index contributed by atoms with van der Waals surface area (Å²) < 4.78 is 1.26. The standard InChI is InChI=1S/C16H18N2S2/c1-10-8-13(12(3)19-10)11(2)17-9-16-18-14-6-4-5-7-15(14)20-16/h4-8,11,17H,9H2,1-3H3. The fraction of sp³-hybridized carbons (Fsp3) is 0.312. The van der Waals surface area contributed by atoms with E-state index in [1.54, 1.807) is 11.3 Å². The van der Waals surface area contributed by atoms with Crippen molar-refractivity contribution in [1.82, 2.24) is 10.3 Å². The van der Waals surface area contributed by atoms with Gasteiger partial charge in [-0.25, -0.2) is 4.98 Å². The van der Waals surface area contributed by atoms with Crippen LogP contribution in [0, 0.1) is 13.8 Å². The van der Waals surface area contributed by atoms with E-state index in [1.165, 1.54) is 20.0 Å². The first-order valence-corrected chi connectivity index (χ1v) is 8.41. The lowest BCUT2D eigenvalue weighted by Gasteiger charge is -2.12. The summed E-state index contributed by atoms with van der Waals surface area (Å²) in [5.74, 6) is 0. The predicted octanol–water partition coefficient (Wildman–Crippen LogP) is 4.83. The first kappa shape index (κ1) is 13.7. The van der Waals surface area contributed by atoms with E-state index in [0.717, 1.165) is 17.1 Å². The molecule has 1 aromatic carbocycles. The quantitative estimate of drug-likeness (QED) is 0.747. The zero-order chi connectivity index (χ0) is 14.1. The summed E-state index contributed by atoms with van der Waals surface area (Å²) in [4.78, 5) is 7.45. The maximum Gasteiger partial charge on any atom is 0.108 e. The van der Waals surface area contributed by atoms with E-state index in [1.807, 2.05) is 17.4 Å². The number of aryl methyl sites for hydroxylation is 2. The summed E-state index contributed by atoms with van der Waals surface area (Å²) in [5, 5.41) is 4.74. The summed E-state index contributed by atoms with van der Waals surface area (Å²) in [7, 11) is 0. The summed E-state index contributed by atoms with van der Waals surface area (Å²) in [5.41, 5.74) is 2.51. The molecule has 2 nitrogen and oxygen atoms in total. The van der Waals surface area contributed by atoms with Crippen LogP contribution < -0.4 is 5.32 Å². The smallest absolute Gasteiger partial charge is 0.108 e. The highest BCUT2D eigenvalue weighted by Gasteiger charge is 2.11. The molecule has 2 heterocycles. The number of benzene rings is 1. The number of hydrogen-bond donors (Lipinski definition) is 1. The van der Waals surface area contributed by atoms with Crippen LogP contribution in [0.5, 0.6) is 0 Å². The number of aromatic nitrogens is 1. The van der Waals surface area contributed by atoms with Crippen LogP contribution in [0.4, 0.5) is 0 Å². The minimum absolute atomic E-state index is 0.368. The van der Waals surface area contributed by atoms with Gasteiger partial charge < -0.3 is 5.32 Å². The van der Waals surface area contributed by atoms with E-state index in [-0.39, 0.29) is 0 Å². The van der Waals surface area contributed by atoms with Crippen LogP contribution in [0.1, 0.15) is 33.3 Å². The number of nitrogens with zero attached hydrogens (tertiary/aromatic N) is 1. The van der Waals surface area contributed by atoms with E-state index in [0.29, 0.717) is 6.04 Å². The molecule has 1 N–H and O–H groups in total. The summed E-state index contributed by atoms with van der Waals surface area (Å²) >= 11 is 3.64. The largest absolute Gasteiger partial charge is 0.304 e. The van der Waals surface area contributed by atoms with Crippen molar-refractivity contribution in [2.24, 2.45) is 0 Å². The van der Waals surface area contributed by atoms with E-state index in [2.05, 4.69) is 55.3 Å². The Labute approximate surface area is 127 Å². The van der Waals surface area contributed by atoms with Gasteiger partial charge in [0.2, 0.25) is 0 Å². The monoisotopic (exact) mass is 302 g/mol. The van der Waals surface area contributed by atoms with Crippen LogP contribution in [-0.4, -0.2) is 4.98 Å². The molecule has 1 atom stereocenters. The van der Waals surface area contributed by atoms with Crippen molar-refractivity contribution in [1.29, 1.82) is 0 Å². The normalized spacial score (nSPS) is 12.9. The molecule has 0 saturated heterocycles. The summed E-state index contributed by atoms with van der Waals surface area (Å²) in [6.45, 7) is 7.42. The van der Waals surface area contributed by atoms with Gasteiger partial charge in [0.1, 0.15) is 5.01 Å². The molecule has 0 amide bonds. The highest BCUT2D eigenvalue weighted by molar-refractivity contribution is 7.18. The van der Waals surface area contributed by atoms with Crippen molar-refractivity contribution in [3.8, 4) is 0 Å². The maximum absolute atomic E-state index is 4.66. The number of nitrogens with one attached hydrogen (secondary N) is 1. The Morgan fingerprint density at radius 2 is 2.00 bits per heavy atom. The Kier molecular flexibility index (Phi) is 3.87. The SMILES string of the molecule is Cc1cc(C(C)NCc2nc3ccccc3s2)c(C)s1. The van der Waals surface area contributed by atoms with E-state index in [9.17, 15) is 0 Å². The second kappa shape index (κ2) is 5.64. The van der Waals surface area contributed by atoms with Crippen molar-refractivity contribution in [3.05, 3.63) is 50.7 Å². The third kappa shape index (κ3) is 2.77. The Balaban J connectivity index is 1.71. The number of thiazole rings is 1. The lowest BCUT2D eigenvalue weighted by atomic mass is 10.1. The number of rotatable bonds is 4. The number of para-hydroxylation sites is 1. The fourth-order valence-electron chi connectivity index (χ4n) is 2.43. The lowest BCUT2D eigenvalue weighted by Crippen LogP contribution is -2.18. The maximum atomic E-state index is 4.66. The number of hydrogen-bond acceptors (Lipinski definition) is 4. The summed E-state index contributed by atoms with van der Waals surface area (Å²) in [6.07, 6.45) is 0. The molecule has 0 bridgehead atoms. The van der Waals surface area contributed by atoms with Crippen molar-refractivity contribution in [2.75, 3.05) is 0 Å². The Bertz CT molecular complexity index is 694. The van der Waals surface area contributed by atoms with Gasteiger partial charge in [-0.15, -0.1) is 22.7 Å². The molecule has 0 spiro atoms. The van der Waals surface area contributed by atoms with Gasteiger partial charge in [-0.2, -0.15) is 0 Å². The van der Waals surface area contributed by atoms with Gasteiger partial charge in [0.25, 0.3) is 0 Å². The average molecular weight is 302 g/mol. The molecule has 20 heavy (non-hydrogen) atoms. The third-order valence-corrected chi connectivity index (χ3v) is 5.46. The van der Waals surface area contributed by atoms with Gasteiger partial charge in [0.05, 0.1) is 10.2 Å². The molecule has 0 saturated carbocycles. The topological polar surface area (TPSA) is 24.9 Å². The van der Waals surface area contributed by atoms with Gasteiger partial charge in [0.15, 0.2) is 0 Å². The highest BCUT2D eigenvalue weighted by atomic mass is 32.1. The van der Waals surface area contributed by atoms with E-state index < -0.39 is 0 Å². The van der Waals surface area contributed by atoms with Gasteiger partial charge in [-0.3, -0.25) is 0 Å². The molecule has 0 radical (unpaired) electrons. The van der Waals surface area contributed by atoms with Crippen molar-refractivity contribution in [2.45, 2.75) is 33.4 Å². The Morgan fingerprint density at radius 3 is 2.70 bits per heavy atom. The number of thiophene rings is 1. The fourth-order valence-corrected chi connectivity index (χ4v) is 4.37. The Morgan fingerprint density at radius 1 is 1.20 bits per heavy atom. The summed E-state index contributed by atoms with van der Waals surface area (Å²) in [6, 6.07) is 11.0. The molecule has 3 aromatic rings. The lowest BCUT2D eigenvalue weighted by molar-refractivity contribution is 0.573. The van der Waals surface area contributed by atoms with Crippen LogP contribution in [0.15, 0.2) is 30.3 Å². The van der Waals surface area contributed by atoms with Crippen LogP contribution in [0.3, 0.4) is 0 Å². The first-order chi connectivity index (χ1) is 9.63. The van der Waals surface area contributed by atoms with Crippen molar-refractivity contribution in [3.63, 3.8) is 0 Å². The van der Waals surface area contributed by atoms with Gasteiger partial charge in [-0.1, -0.05) is 12.1 Å². The van der Waals surface area contributed by atoms with Gasteiger partial charge >= 0.3 is 0 Å².